The van der Waals surface area contributed by atoms with Gasteiger partial charge in [-0.2, -0.15) is 0 Å². The first-order valence-corrected chi connectivity index (χ1v) is 4.78. The van der Waals surface area contributed by atoms with Crippen molar-refractivity contribution >= 4 is 18.6 Å². The van der Waals surface area contributed by atoms with Gasteiger partial charge in [-0.25, -0.2) is 4.79 Å². The average Bonchev–Trinajstić information content (AvgIpc) is 2.11. The summed E-state index contributed by atoms with van der Waals surface area (Å²) in [6.45, 7) is 1.01. The van der Waals surface area contributed by atoms with Crippen LogP contribution in [0.4, 0.5) is 0 Å². The highest BCUT2D eigenvalue weighted by Gasteiger charge is 2.23. The Bertz CT molecular complexity index is 347. The molecule has 0 saturated carbocycles. The van der Waals surface area contributed by atoms with E-state index in [1.54, 1.807) is 18.2 Å². The molecule has 1 fully saturated rings. The Morgan fingerprint density at radius 2 is 2.29 bits per heavy atom. The molecule has 1 heterocycles. The van der Waals surface area contributed by atoms with Crippen molar-refractivity contribution in [3.8, 4) is 0 Å². The zero-order valence-corrected chi connectivity index (χ0v) is 8.37. The number of thiol groups is 1. The van der Waals surface area contributed by atoms with E-state index in [-0.39, 0.29) is 12.1 Å². The Balaban J connectivity index is 2.02. The minimum Gasteiger partial charge on any atom is -0.454 e. The van der Waals surface area contributed by atoms with Crippen molar-refractivity contribution in [3.05, 3.63) is 29.8 Å². The maximum absolute atomic E-state index is 11.5. The maximum atomic E-state index is 11.5. The third kappa shape index (κ3) is 2.08. The van der Waals surface area contributed by atoms with E-state index in [0.717, 1.165) is 4.90 Å². The van der Waals surface area contributed by atoms with E-state index in [1.807, 2.05) is 6.07 Å². The molecule has 0 atom stereocenters. The van der Waals surface area contributed by atoms with Crippen LogP contribution in [-0.4, -0.2) is 25.3 Å². The fourth-order valence-electron chi connectivity index (χ4n) is 1.13. The van der Waals surface area contributed by atoms with Gasteiger partial charge in [0.1, 0.15) is 6.10 Å². The van der Waals surface area contributed by atoms with E-state index < -0.39 is 0 Å². The normalized spacial score (nSPS) is 16.1. The molecule has 2 rings (SSSR count). The van der Waals surface area contributed by atoms with Gasteiger partial charge in [0.05, 0.1) is 18.8 Å². The SMILES string of the molecule is O=C(OC1COC1)c1cccc(S)c1. The molecule has 74 valence electrons. The van der Waals surface area contributed by atoms with Crippen LogP contribution in [0.3, 0.4) is 0 Å². The van der Waals surface area contributed by atoms with Crippen LogP contribution in [0, 0.1) is 0 Å². The number of carbonyl (C=O) groups is 1. The van der Waals surface area contributed by atoms with E-state index in [1.165, 1.54) is 0 Å². The van der Waals surface area contributed by atoms with Gasteiger partial charge in [0.15, 0.2) is 0 Å². The lowest BCUT2D eigenvalue weighted by Crippen LogP contribution is -2.37. The molecule has 0 aliphatic carbocycles. The van der Waals surface area contributed by atoms with Crippen molar-refractivity contribution in [2.24, 2.45) is 0 Å². The molecule has 14 heavy (non-hydrogen) atoms. The second-order valence-corrected chi connectivity index (χ2v) is 3.63. The van der Waals surface area contributed by atoms with Crippen molar-refractivity contribution < 1.29 is 14.3 Å². The monoisotopic (exact) mass is 210 g/mol. The van der Waals surface area contributed by atoms with E-state index in [2.05, 4.69) is 12.6 Å². The first kappa shape index (κ1) is 9.55. The second-order valence-electron chi connectivity index (χ2n) is 3.12. The molecule has 1 aliphatic rings. The van der Waals surface area contributed by atoms with Gasteiger partial charge >= 0.3 is 5.97 Å². The van der Waals surface area contributed by atoms with Crippen LogP contribution in [0.5, 0.6) is 0 Å². The zero-order chi connectivity index (χ0) is 9.97. The smallest absolute Gasteiger partial charge is 0.338 e. The molecule has 0 radical (unpaired) electrons. The minimum absolute atomic E-state index is 0.0777. The molecule has 0 N–H and O–H groups in total. The molecule has 1 aromatic rings. The van der Waals surface area contributed by atoms with E-state index >= 15 is 0 Å². The molecular weight excluding hydrogens is 200 g/mol. The van der Waals surface area contributed by atoms with Gasteiger partial charge in [0.2, 0.25) is 0 Å². The van der Waals surface area contributed by atoms with Crippen LogP contribution in [-0.2, 0) is 9.47 Å². The number of carbonyl (C=O) groups excluding carboxylic acids is 1. The summed E-state index contributed by atoms with van der Waals surface area (Å²) in [7, 11) is 0. The molecular formula is C10H10O3S. The van der Waals surface area contributed by atoms with Crippen molar-refractivity contribution in [2.45, 2.75) is 11.0 Å². The summed E-state index contributed by atoms with van der Waals surface area (Å²) in [5, 5.41) is 0. The highest BCUT2D eigenvalue weighted by molar-refractivity contribution is 7.80. The molecule has 0 aromatic heterocycles. The van der Waals surface area contributed by atoms with Crippen molar-refractivity contribution in [1.82, 2.24) is 0 Å². The van der Waals surface area contributed by atoms with Gasteiger partial charge in [0, 0.05) is 4.90 Å². The summed E-state index contributed by atoms with van der Waals surface area (Å²) in [4.78, 5) is 12.2. The Morgan fingerprint density at radius 3 is 2.86 bits per heavy atom. The molecule has 0 amide bonds. The third-order valence-corrected chi connectivity index (χ3v) is 2.24. The fourth-order valence-corrected chi connectivity index (χ4v) is 1.36. The van der Waals surface area contributed by atoms with E-state index in [0.29, 0.717) is 18.8 Å². The summed E-state index contributed by atoms with van der Waals surface area (Å²) in [5.41, 5.74) is 0.532. The Labute approximate surface area is 87.4 Å². The zero-order valence-electron chi connectivity index (χ0n) is 7.47. The predicted molar refractivity (Wildman–Crippen MR) is 53.7 cm³/mol. The molecule has 1 aromatic carbocycles. The quantitative estimate of drug-likeness (QED) is 0.594. The first-order valence-electron chi connectivity index (χ1n) is 4.33. The summed E-state index contributed by atoms with van der Waals surface area (Å²) in [6.07, 6.45) is -0.0777. The molecule has 0 bridgehead atoms. The second kappa shape index (κ2) is 4.02. The standard InChI is InChI=1S/C10H10O3S/c11-10(13-8-5-12-6-8)7-2-1-3-9(14)4-7/h1-4,8,14H,5-6H2. The lowest BCUT2D eigenvalue weighted by Gasteiger charge is -2.25. The van der Waals surface area contributed by atoms with Gasteiger partial charge in [-0.1, -0.05) is 6.07 Å². The van der Waals surface area contributed by atoms with Crippen LogP contribution in [0.15, 0.2) is 29.2 Å². The summed E-state index contributed by atoms with van der Waals surface area (Å²) in [5.74, 6) is -0.311. The number of rotatable bonds is 2. The molecule has 0 spiro atoms. The van der Waals surface area contributed by atoms with Crippen LogP contribution in [0.1, 0.15) is 10.4 Å². The number of hydrogen-bond donors (Lipinski definition) is 1. The summed E-state index contributed by atoms with van der Waals surface area (Å²) >= 11 is 4.14. The molecule has 0 unspecified atom stereocenters. The lowest BCUT2D eigenvalue weighted by molar-refractivity contribution is -0.103. The topological polar surface area (TPSA) is 35.5 Å². The van der Waals surface area contributed by atoms with Gasteiger partial charge in [-0.15, -0.1) is 12.6 Å². The molecule has 4 heteroatoms. The molecule has 1 aliphatic heterocycles. The maximum Gasteiger partial charge on any atom is 0.338 e. The average molecular weight is 210 g/mol. The van der Waals surface area contributed by atoms with Crippen LogP contribution < -0.4 is 0 Å². The van der Waals surface area contributed by atoms with Crippen molar-refractivity contribution in [3.63, 3.8) is 0 Å². The van der Waals surface area contributed by atoms with Crippen LogP contribution >= 0.6 is 12.6 Å². The van der Waals surface area contributed by atoms with Gasteiger partial charge in [0.25, 0.3) is 0 Å². The number of benzene rings is 1. The van der Waals surface area contributed by atoms with Crippen molar-refractivity contribution in [2.75, 3.05) is 13.2 Å². The number of hydrogen-bond acceptors (Lipinski definition) is 4. The minimum atomic E-state index is -0.311. The largest absolute Gasteiger partial charge is 0.454 e. The van der Waals surface area contributed by atoms with Gasteiger partial charge in [-0.05, 0) is 18.2 Å². The fraction of sp³-hybridized carbons (Fsp3) is 0.300. The van der Waals surface area contributed by atoms with Gasteiger partial charge in [-0.3, -0.25) is 0 Å². The van der Waals surface area contributed by atoms with Gasteiger partial charge < -0.3 is 9.47 Å². The molecule has 1 saturated heterocycles. The number of ether oxygens (including phenoxy) is 2. The van der Waals surface area contributed by atoms with Crippen molar-refractivity contribution in [1.29, 1.82) is 0 Å². The van der Waals surface area contributed by atoms with E-state index in [9.17, 15) is 4.79 Å². The third-order valence-electron chi connectivity index (χ3n) is 1.96. The Hall–Kier alpha value is -1.00. The first-order chi connectivity index (χ1) is 6.75. The highest BCUT2D eigenvalue weighted by Crippen LogP contribution is 2.13. The van der Waals surface area contributed by atoms with E-state index in [4.69, 9.17) is 9.47 Å². The molecule has 3 nitrogen and oxygen atoms in total. The summed E-state index contributed by atoms with van der Waals surface area (Å²) < 4.78 is 10.0. The Kier molecular flexibility index (Phi) is 2.74. The van der Waals surface area contributed by atoms with Crippen LogP contribution in [0.2, 0.25) is 0 Å². The summed E-state index contributed by atoms with van der Waals surface area (Å²) in [6, 6.07) is 6.98. The number of esters is 1. The van der Waals surface area contributed by atoms with Crippen LogP contribution in [0.25, 0.3) is 0 Å². The highest BCUT2D eigenvalue weighted by atomic mass is 32.1. The lowest BCUT2D eigenvalue weighted by atomic mass is 10.2. The Morgan fingerprint density at radius 1 is 1.50 bits per heavy atom. The predicted octanol–water partition coefficient (Wildman–Crippen LogP) is 1.53.